The van der Waals surface area contributed by atoms with E-state index in [0.717, 1.165) is 25.8 Å². The van der Waals surface area contributed by atoms with E-state index in [2.05, 4.69) is 10.2 Å². The van der Waals surface area contributed by atoms with Crippen LogP contribution in [0.25, 0.3) is 0 Å². The molecule has 3 N–H and O–H groups in total. The van der Waals surface area contributed by atoms with E-state index in [9.17, 15) is 4.79 Å². The zero-order chi connectivity index (χ0) is 13.5. The summed E-state index contributed by atoms with van der Waals surface area (Å²) in [6.45, 7) is 1.38. The molecule has 5 heteroatoms. The van der Waals surface area contributed by atoms with Crippen LogP contribution in [-0.4, -0.2) is 40.1 Å². The lowest BCUT2D eigenvalue weighted by Gasteiger charge is -2.31. The van der Waals surface area contributed by atoms with Gasteiger partial charge in [-0.2, -0.15) is 5.10 Å². The van der Waals surface area contributed by atoms with Crippen molar-refractivity contribution in [2.24, 2.45) is 5.73 Å². The number of hydrogen-bond acceptors (Lipinski definition) is 3. The second-order valence-electron chi connectivity index (χ2n) is 5.27. The van der Waals surface area contributed by atoms with Gasteiger partial charge in [-0.05, 0) is 25.8 Å². The lowest BCUT2D eigenvalue weighted by atomic mass is 10.1. The summed E-state index contributed by atoms with van der Waals surface area (Å²) in [5.41, 5.74) is 6.25. The van der Waals surface area contributed by atoms with Crippen molar-refractivity contribution in [3.8, 4) is 0 Å². The Balaban J connectivity index is 2.07. The van der Waals surface area contributed by atoms with Crippen molar-refractivity contribution in [3.05, 3.63) is 18.0 Å². The largest absolute Gasteiger partial charge is 0.336 e. The number of carbonyl (C=O) groups is 1. The first-order chi connectivity index (χ1) is 9.33. The molecule has 0 aromatic carbocycles. The highest BCUT2D eigenvalue weighted by Crippen LogP contribution is 2.23. The molecule has 0 saturated heterocycles. The first-order valence-corrected chi connectivity index (χ1v) is 7.32. The molecule has 0 atom stereocenters. The summed E-state index contributed by atoms with van der Waals surface area (Å²) >= 11 is 0. The van der Waals surface area contributed by atoms with Gasteiger partial charge in [0.25, 0.3) is 5.91 Å². The van der Waals surface area contributed by atoms with Gasteiger partial charge in [-0.3, -0.25) is 9.89 Å². The van der Waals surface area contributed by atoms with E-state index in [4.69, 9.17) is 5.73 Å². The third-order valence-electron chi connectivity index (χ3n) is 3.87. The van der Waals surface area contributed by atoms with E-state index in [1.807, 2.05) is 4.90 Å². The number of carbonyl (C=O) groups excluding carboxylic acids is 1. The Kier molecular flexibility index (Phi) is 5.39. The molecule has 2 rings (SSSR count). The van der Waals surface area contributed by atoms with Gasteiger partial charge in [0, 0.05) is 18.8 Å². The molecular weight excluding hydrogens is 240 g/mol. The second kappa shape index (κ2) is 7.28. The maximum Gasteiger partial charge on any atom is 0.257 e. The number of aromatic nitrogens is 2. The van der Waals surface area contributed by atoms with Gasteiger partial charge in [0.1, 0.15) is 0 Å². The number of nitrogens with two attached hydrogens (primary N) is 1. The molecule has 1 heterocycles. The van der Waals surface area contributed by atoms with Crippen molar-refractivity contribution in [2.75, 3.05) is 13.1 Å². The molecule has 1 amide bonds. The van der Waals surface area contributed by atoms with Crippen molar-refractivity contribution in [2.45, 2.75) is 51.0 Å². The number of nitrogens with one attached hydrogen (secondary N) is 1. The quantitative estimate of drug-likeness (QED) is 0.798. The summed E-state index contributed by atoms with van der Waals surface area (Å²) in [6, 6.07) is 0.372. The molecule has 106 valence electrons. The first kappa shape index (κ1) is 14.1. The van der Waals surface area contributed by atoms with Gasteiger partial charge in [0.15, 0.2) is 0 Å². The molecule has 1 aromatic rings. The maximum atomic E-state index is 12.5. The van der Waals surface area contributed by atoms with Gasteiger partial charge < -0.3 is 10.6 Å². The molecule has 1 aliphatic carbocycles. The molecule has 1 aliphatic rings. The number of aromatic amines is 1. The highest BCUT2D eigenvalue weighted by atomic mass is 16.2. The number of H-pyrrole nitrogens is 1. The van der Waals surface area contributed by atoms with Crippen LogP contribution >= 0.6 is 0 Å². The van der Waals surface area contributed by atoms with Crippen molar-refractivity contribution >= 4 is 5.91 Å². The Hall–Kier alpha value is -1.36. The number of amides is 1. The second-order valence-corrected chi connectivity index (χ2v) is 5.27. The SMILES string of the molecule is NCCCN(C(=O)c1cn[nH]c1)C1CCCCCC1. The van der Waals surface area contributed by atoms with Crippen LogP contribution in [0, 0.1) is 0 Å². The average Bonchev–Trinajstić information content (AvgIpc) is 2.83. The van der Waals surface area contributed by atoms with Gasteiger partial charge in [-0.15, -0.1) is 0 Å². The molecule has 1 fully saturated rings. The van der Waals surface area contributed by atoms with Crippen LogP contribution in [0.2, 0.25) is 0 Å². The monoisotopic (exact) mass is 264 g/mol. The van der Waals surface area contributed by atoms with Crippen LogP contribution in [0.4, 0.5) is 0 Å². The minimum Gasteiger partial charge on any atom is -0.336 e. The highest BCUT2D eigenvalue weighted by Gasteiger charge is 2.25. The molecule has 0 spiro atoms. The Morgan fingerprint density at radius 1 is 1.37 bits per heavy atom. The van der Waals surface area contributed by atoms with Crippen molar-refractivity contribution in [3.63, 3.8) is 0 Å². The smallest absolute Gasteiger partial charge is 0.257 e. The fourth-order valence-corrected chi connectivity index (χ4v) is 2.81. The third-order valence-corrected chi connectivity index (χ3v) is 3.87. The summed E-state index contributed by atoms with van der Waals surface area (Å²) in [5, 5.41) is 6.59. The van der Waals surface area contributed by atoms with Gasteiger partial charge in [0.2, 0.25) is 0 Å². The number of hydrogen-bond donors (Lipinski definition) is 2. The van der Waals surface area contributed by atoms with Crippen LogP contribution in [0.1, 0.15) is 55.3 Å². The van der Waals surface area contributed by atoms with Crippen LogP contribution in [0.5, 0.6) is 0 Å². The summed E-state index contributed by atoms with van der Waals surface area (Å²) in [4.78, 5) is 14.6. The zero-order valence-electron chi connectivity index (χ0n) is 11.5. The van der Waals surface area contributed by atoms with E-state index in [1.54, 1.807) is 12.4 Å². The van der Waals surface area contributed by atoms with Crippen LogP contribution in [-0.2, 0) is 0 Å². The Labute approximate surface area is 114 Å². The molecule has 1 aromatic heterocycles. The Morgan fingerprint density at radius 2 is 2.11 bits per heavy atom. The van der Waals surface area contributed by atoms with E-state index in [1.165, 1.54) is 25.7 Å². The van der Waals surface area contributed by atoms with Crippen LogP contribution < -0.4 is 5.73 Å². The van der Waals surface area contributed by atoms with Gasteiger partial charge in [-0.1, -0.05) is 25.7 Å². The topological polar surface area (TPSA) is 75.0 Å². The van der Waals surface area contributed by atoms with E-state index in [-0.39, 0.29) is 5.91 Å². The first-order valence-electron chi connectivity index (χ1n) is 7.32. The molecular formula is C14H24N4O. The minimum atomic E-state index is 0.0918. The minimum absolute atomic E-state index is 0.0918. The molecule has 0 bridgehead atoms. The lowest BCUT2D eigenvalue weighted by molar-refractivity contribution is 0.0659. The van der Waals surface area contributed by atoms with Gasteiger partial charge >= 0.3 is 0 Å². The van der Waals surface area contributed by atoms with Crippen molar-refractivity contribution < 1.29 is 4.79 Å². The molecule has 19 heavy (non-hydrogen) atoms. The maximum absolute atomic E-state index is 12.5. The summed E-state index contributed by atoms with van der Waals surface area (Å²) < 4.78 is 0. The zero-order valence-corrected chi connectivity index (χ0v) is 11.5. The van der Waals surface area contributed by atoms with Gasteiger partial charge in [0.05, 0.1) is 11.8 Å². The normalized spacial score (nSPS) is 17.1. The Morgan fingerprint density at radius 3 is 2.68 bits per heavy atom. The summed E-state index contributed by atoms with van der Waals surface area (Å²) in [7, 11) is 0. The molecule has 0 radical (unpaired) electrons. The Bertz CT molecular complexity index is 369. The van der Waals surface area contributed by atoms with Crippen molar-refractivity contribution in [1.29, 1.82) is 0 Å². The van der Waals surface area contributed by atoms with Crippen LogP contribution in [0.15, 0.2) is 12.4 Å². The number of rotatable bonds is 5. The molecule has 0 aliphatic heterocycles. The van der Waals surface area contributed by atoms with Gasteiger partial charge in [-0.25, -0.2) is 0 Å². The molecule has 5 nitrogen and oxygen atoms in total. The predicted molar refractivity (Wildman–Crippen MR) is 74.8 cm³/mol. The van der Waals surface area contributed by atoms with E-state index < -0.39 is 0 Å². The van der Waals surface area contributed by atoms with E-state index >= 15 is 0 Å². The standard InChI is InChI=1S/C14H24N4O/c15-8-5-9-18(13-6-3-1-2-4-7-13)14(19)12-10-16-17-11-12/h10-11,13H,1-9,15H2,(H,16,17). The average molecular weight is 264 g/mol. The summed E-state index contributed by atoms with van der Waals surface area (Å²) in [5.74, 6) is 0.0918. The highest BCUT2D eigenvalue weighted by molar-refractivity contribution is 5.93. The fourth-order valence-electron chi connectivity index (χ4n) is 2.81. The fraction of sp³-hybridized carbons (Fsp3) is 0.714. The third kappa shape index (κ3) is 3.80. The molecule has 1 saturated carbocycles. The lowest BCUT2D eigenvalue weighted by Crippen LogP contribution is -2.41. The predicted octanol–water partition coefficient (Wildman–Crippen LogP) is 1.92. The number of nitrogens with zero attached hydrogens (tertiary/aromatic N) is 2. The van der Waals surface area contributed by atoms with Crippen LogP contribution in [0.3, 0.4) is 0 Å². The molecule has 0 unspecified atom stereocenters. The van der Waals surface area contributed by atoms with E-state index in [0.29, 0.717) is 18.2 Å². The summed E-state index contributed by atoms with van der Waals surface area (Å²) in [6.07, 6.45) is 11.4. The van der Waals surface area contributed by atoms with Crippen molar-refractivity contribution in [1.82, 2.24) is 15.1 Å².